The summed E-state index contributed by atoms with van der Waals surface area (Å²) in [5.41, 5.74) is 2.32. The van der Waals surface area contributed by atoms with Gasteiger partial charge in [-0.3, -0.25) is 4.79 Å². The number of piperidine rings is 1. The molecule has 0 saturated carbocycles. The third kappa shape index (κ3) is 5.50. The molecule has 1 aromatic carbocycles. The van der Waals surface area contributed by atoms with Crippen LogP contribution >= 0.6 is 0 Å². The fourth-order valence-corrected chi connectivity index (χ4v) is 2.95. The Morgan fingerprint density at radius 3 is 2.76 bits per heavy atom. The number of rotatable bonds is 6. The summed E-state index contributed by atoms with van der Waals surface area (Å²) >= 11 is 0. The van der Waals surface area contributed by atoms with Crippen LogP contribution in [0.3, 0.4) is 0 Å². The van der Waals surface area contributed by atoms with Crippen LogP contribution in [-0.2, 0) is 11.2 Å². The van der Waals surface area contributed by atoms with E-state index in [0.29, 0.717) is 12.5 Å². The second kappa shape index (κ2) is 8.18. The van der Waals surface area contributed by atoms with Crippen molar-refractivity contribution < 1.29 is 4.79 Å². The minimum absolute atomic E-state index is 0.130. The van der Waals surface area contributed by atoms with Crippen molar-refractivity contribution in [2.24, 2.45) is 0 Å². The smallest absolute Gasteiger partial charge is 0.224 e. The van der Waals surface area contributed by atoms with E-state index in [2.05, 4.69) is 36.2 Å². The Labute approximate surface area is 128 Å². The summed E-state index contributed by atoms with van der Waals surface area (Å²) < 4.78 is 0. The highest BCUT2D eigenvalue weighted by Gasteiger charge is 2.17. The molecule has 1 aliphatic heterocycles. The average molecular weight is 288 g/mol. The Balaban J connectivity index is 1.61. The molecule has 0 radical (unpaired) electrons. The fourth-order valence-electron chi connectivity index (χ4n) is 2.95. The van der Waals surface area contributed by atoms with Crippen molar-refractivity contribution in [3.05, 3.63) is 35.4 Å². The standard InChI is InChI=1S/C18H28N2O/c1-15-7-9-17(10-8-15)14-18(21)19-11-5-13-20-12-4-3-6-16(20)2/h7-10,16H,3-6,11-14H2,1-2H3,(H,19,21). The van der Waals surface area contributed by atoms with E-state index in [4.69, 9.17) is 0 Å². The quantitative estimate of drug-likeness (QED) is 0.816. The average Bonchev–Trinajstić information content (AvgIpc) is 2.48. The van der Waals surface area contributed by atoms with E-state index in [1.54, 1.807) is 0 Å². The number of aryl methyl sites for hydroxylation is 1. The van der Waals surface area contributed by atoms with Gasteiger partial charge in [0, 0.05) is 19.1 Å². The van der Waals surface area contributed by atoms with Gasteiger partial charge in [0.2, 0.25) is 5.91 Å². The van der Waals surface area contributed by atoms with E-state index in [1.165, 1.54) is 31.4 Å². The van der Waals surface area contributed by atoms with E-state index >= 15 is 0 Å². The first-order valence-corrected chi connectivity index (χ1v) is 8.21. The molecule has 21 heavy (non-hydrogen) atoms. The maximum absolute atomic E-state index is 11.9. The lowest BCUT2D eigenvalue weighted by molar-refractivity contribution is -0.120. The number of carbonyl (C=O) groups excluding carboxylic acids is 1. The Kier molecular flexibility index (Phi) is 6.24. The number of benzene rings is 1. The Bertz CT molecular complexity index is 441. The molecule has 1 atom stereocenters. The zero-order valence-electron chi connectivity index (χ0n) is 13.4. The molecular weight excluding hydrogens is 260 g/mol. The van der Waals surface area contributed by atoms with Crippen LogP contribution in [0.2, 0.25) is 0 Å². The van der Waals surface area contributed by atoms with Crippen LogP contribution in [0, 0.1) is 6.92 Å². The second-order valence-electron chi connectivity index (χ2n) is 6.25. The number of hydrogen-bond acceptors (Lipinski definition) is 2. The molecule has 1 aromatic rings. The highest BCUT2D eigenvalue weighted by molar-refractivity contribution is 5.78. The number of nitrogens with zero attached hydrogens (tertiary/aromatic N) is 1. The lowest BCUT2D eigenvalue weighted by atomic mass is 10.0. The number of nitrogens with one attached hydrogen (secondary N) is 1. The van der Waals surface area contributed by atoms with E-state index < -0.39 is 0 Å². The van der Waals surface area contributed by atoms with Gasteiger partial charge < -0.3 is 10.2 Å². The van der Waals surface area contributed by atoms with Crippen LogP contribution < -0.4 is 5.32 Å². The molecule has 1 amide bonds. The monoisotopic (exact) mass is 288 g/mol. The van der Waals surface area contributed by atoms with Gasteiger partial charge in [0.1, 0.15) is 0 Å². The molecule has 116 valence electrons. The third-order valence-electron chi connectivity index (χ3n) is 4.37. The summed E-state index contributed by atoms with van der Waals surface area (Å²) in [4.78, 5) is 14.4. The van der Waals surface area contributed by atoms with E-state index in [9.17, 15) is 4.79 Å². The van der Waals surface area contributed by atoms with Gasteiger partial charge in [0.05, 0.1) is 6.42 Å². The van der Waals surface area contributed by atoms with Crippen molar-refractivity contribution >= 4 is 5.91 Å². The molecule has 3 heteroatoms. The Morgan fingerprint density at radius 2 is 2.05 bits per heavy atom. The Hall–Kier alpha value is -1.35. The zero-order valence-corrected chi connectivity index (χ0v) is 13.4. The summed E-state index contributed by atoms with van der Waals surface area (Å²) in [5, 5.41) is 3.03. The summed E-state index contributed by atoms with van der Waals surface area (Å²) in [6, 6.07) is 8.89. The number of hydrogen-bond donors (Lipinski definition) is 1. The molecule has 0 aliphatic carbocycles. The van der Waals surface area contributed by atoms with Crippen LogP contribution in [0.25, 0.3) is 0 Å². The zero-order chi connectivity index (χ0) is 15.1. The molecule has 0 bridgehead atoms. The summed E-state index contributed by atoms with van der Waals surface area (Å²) in [7, 11) is 0. The molecular formula is C18H28N2O. The third-order valence-corrected chi connectivity index (χ3v) is 4.37. The van der Waals surface area contributed by atoms with Crippen LogP contribution in [0.4, 0.5) is 0 Å². The van der Waals surface area contributed by atoms with Gasteiger partial charge in [0.25, 0.3) is 0 Å². The first kappa shape index (κ1) is 16.0. The first-order chi connectivity index (χ1) is 10.1. The van der Waals surface area contributed by atoms with E-state index in [-0.39, 0.29) is 5.91 Å². The van der Waals surface area contributed by atoms with Gasteiger partial charge in [-0.25, -0.2) is 0 Å². The van der Waals surface area contributed by atoms with Crippen molar-refractivity contribution in [1.82, 2.24) is 10.2 Å². The van der Waals surface area contributed by atoms with Crippen LogP contribution in [0.5, 0.6) is 0 Å². The highest BCUT2D eigenvalue weighted by atomic mass is 16.1. The van der Waals surface area contributed by atoms with Gasteiger partial charge >= 0.3 is 0 Å². The van der Waals surface area contributed by atoms with Crippen LogP contribution in [-0.4, -0.2) is 36.5 Å². The number of likely N-dealkylation sites (tertiary alicyclic amines) is 1. The molecule has 2 rings (SSSR count). The first-order valence-electron chi connectivity index (χ1n) is 8.21. The summed E-state index contributed by atoms with van der Waals surface area (Å²) in [6.45, 7) is 7.49. The minimum Gasteiger partial charge on any atom is -0.356 e. The molecule has 0 aromatic heterocycles. The maximum Gasteiger partial charge on any atom is 0.224 e. The molecule has 3 nitrogen and oxygen atoms in total. The predicted molar refractivity (Wildman–Crippen MR) is 87.4 cm³/mol. The lowest BCUT2D eigenvalue weighted by Crippen LogP contribution is -2.39. The van der Waals surface area contributed by atoms with Crippen molar-refractivity contribution in [2.75, 3.05) is 19.6 Å². The lowest BCUT2D eigenvalue weighted by Gasteiger charge is -2.33. The molecule has 1 saturated heterocycles. The molecule has 1 aliphatic rings. The van der Waals surface area contributed by atoms with E-state index in [0.717, 1.165) is 25.1 Å². The number of amides is 1. The van der Waals surface area contributed by atoms with Gasteiger partial charge in [-0.15, -0.1) is 0 Å². The highest BCUT2D eigenvalue weighted by Crippen LogP contribution is 2.16. The molecule has 1 N–H and O–H groups in total. The Morgan fingerprint density at radius 1 is 1.29 bits per heavy atom. The van der Waals surface area contributed by atoms with Crippen molar-refractivity contribution in [3.8, 4) is 0 Å². The van der Waals surface area contributed by atoms with Gasteiger partial charge in [-0.05, 0) is 45.2 Å². The molecule has 1 unspecified atom stereocenters. The SMILES string of the molecule is Cc1ccc(CC(=O)NCCCN2CCCCC2C)cc1. The van der Waals surface area contributed by atoms with Gasteiger partial charge in [-0.1, -0.05) is 36.2 Å². The van der Waals surface area contributed by atoms with Crippen molar-refractivity contribution in [3.63, 3.8) is 0 Å². The minimum atomic E-state index is 0.130. The fraction of sp³-hybridized carbons (Fsp3) is 0.611. The largest absolute Gasteiger partial charge is 0.356 e. The van der Waals surface area contributed by atoms with Crippen LogP contribution in [0.1, 0.15) is 43.7 Å². The molecule has 0 spiro atoms. The topological polar surface area (TPSA) is 32.3 Å². The number of carbonyl (C=O) groups is 1. The van der Waals surface area contributed by atoms with Crippen LogP contribution in [0.15, 0.2) is 24.3 Å². The van der Waals surface area contributed by atoms with E-state index in [1.807, 2.05) is 12.1 Å². The van der Waals surface area contributed by atoms with Crippen molar-refractivity contribution in [2.45, 2.75) is 52.0 Å². The normalized spacial score (nSPS) is 19.4. The summed E-state index contributed by atoms with van der Waals surface area (Å²) in [6.07, 6.45) is 5.54. The predicted octanol–water partition coefficient (Wildman–Crippen LogP) is 2.92. The van der Waals surface area contributed by atoms with Crippen molar-refractivity contribution in [1.29, 1.82) is 0 Å². The van der Waals surface area contributed by atoms with Gasteiger partial charge in [-0.2, -0.15) is 0 Å². The molecule has 1 fully saturated rings. The molecule has 1 heterocycles. The second-order valence-corrected chi connectivity index (χ2v) is 6.25. The maximum atomic E-state index is 11.9. The van der Waals surface area contributed by atoms with Gasteiger partial charge in [0.15, 0.2) is 0 Å². The summed E-state index contributed by atoms with van der Waals surface area (Å²) in [5.74, 6) is 0.130.